The van der Waals surface area contributed by atoms with Crippen LogP contribution in [-0.4, -0.2) is 10.8 Å². The molecule has 0 aliphatic carbocycles. The molecule has 0 spiro atoms. The molecule has 2 aromatic rings. The second-order valence-electron chi connectivity index (χ2n) is 6.34. The number of benzene rings is 2. The van der Waals surface area contributed by atoms with Crippen LogP contribution in [0.3, 0.4) is 0 Å². The van der Waals surface area contributed by atoms with Crippen LogP contribution in [0.15, 0.2) is 46.9 Å². The molecule has 2 aliphatic heterocycles. The molecule has 1 saturated heterocycles. The van der Waals surface area contributed by atoms with Gasteiger partial charge in [-0.1, -0.05) is 39.7 Å². The van der Waals surface area contributed by atoms with E-state index in [0.717, 1.165) is 22.3 Å². The topological polar surface area (TPSA) is 24.5 Å². The summed E-state index contributed by atoms with van der Waals surface area (Å²) in [5, 5.41) is 4.19. The van der Waals surface area contributed by atoms with Crippen molar-refractivity contribution < 1.29 is 4.74 Å². The Balaban J connectivity index is 1.81. The van der Waals surface area contributed by atoms with Gasteiger partial charge in [-0.25, -0.2) is 0 Å². The summed E-state index contributed by atoms with van der Waals surface area (Å²) in [6.45, 7) is 4.21. The summed E-state index contributed by atoms with van der Waals surface area (Å²) in [4.78, 5) is 2.08. The molecular formula is C18H17BrN2OS. The van der Waals surface area contributed by atoms with E-state index in [-0.39, 0.29) is 6.04 Å². The lowest BCUT2D eigenvalue weighted by Gasteiger charge is -2.52. The van der Waals surface area contributed by atoms with E-state index < -0.39 is 5.72 Å². The molecule has 23 heavy (non-hydrogen) atoms. The molecule has 2 heterocycles. The zero-order valence-electron chi connectivity index (χ0n) is 13.0. The Morgan fingerprint density at radius 2 is 2.13 bits per heavy atom. The van der Waals surface area contributed by atoms with Crippen LogP contribution >= 0.6 is 28.1 Å². The van der Waals surface area contributed by atoms with Gasteiger partial charge in [-0.3, -0.25) is 4.90 Å². The zero-order chi connectivity index (χ0) is 16.2. The Kier molecular flexibility index (Phi) is 3.39. The van der Waals surface area contributed by atoms with E-state index in [0.29, 0.717) is 5.11 Å². The summed E-state index contributed by atoms with van der Waals surface area (Å²) in [6, 6.07) is 14.7. The molecule has 2 atom stereocenters. The number of nitrogens with one attached hydrogen (secondary N) is 1. The van der Waals surface area contributed by atoms with E-state index in [4.69, 9.17) is 17.0 Å². The van der Waals surface area contributed by atoms with Gasteiger partial charge in [-0.05, 0) is 50.3 Å². The van der Waals surface area contributed by atoms with Crippen LogP contribution in [0.5, 0.6) is 5.75 Å². The van der Waals surface area contributed by atoms with Gasteiger partial charge in [0.05, 0.1) is 6.04 Å². The quantitative estimate of drug-likeness (QED) is 0.716. The molecule has 0 saturated carbocycles. The van der Waals surface area contributed by atoms with Crippen LogP contribution in [0.25, 0.3) is 0 Å². The molecule has 1 fully saturated rings. The molecule has 2 bridgehead atoms. The summed E-state index contributed by atoms with van der Waals surface area (Å²) in [5.74, 6) is 0.935. The zero-order valence-corrected chi connectivity index (χ0v) is 15.4. The summed E-state index contributed by atoms with van der Waals surface area (Å²) in [7, 11) is 0. The van der Waals surface area contributed by atoms with Crippen LogP contribution in [-0.2, 0) is 0 Å². The summed E-state index contributed by atoms with van der Waals surface area (Å²) in [5.41, 5.74) is 2.96. The van der Waals surface area contributed by atoms with Crippen molar-refractivity contribution in [2.24, 2.45) is 0 Å². The maximum atomic E-state index is 6.41. The molecule has 0 aromatic heterocycles. The number of hydrogen-bond donors (Lipinski definition) is 1. The summed E-state index contributed by atoms with van der Waals surface area (Å²) >= 11 is 9.20. The first-order chi connectivity index (χ1) is 11.0. The van der Waals surface area contributed by atoms with Crippen molar-refractivity contribution in [1.82, 2.24) is 5.32 Å². The summed E-state index contributed by atoms with van der Waals surface area (Å²) in [6.07, 6.45) is 0.843. The molecule has 0 radical (unpaired) electrons. The third-order valence-electron chi connectivity index (χ3n) is 4.49. The van der Waals surface area contributed by atoms with E-state index in [2.05, 4.69) is 70.3 Å². The molecular weight excluding hydrogens is 372 g/mol. The van der Waals surface area contributed by atoms with Gasteiger partial charge in [0, 0.05) is 22.1 Å². The van der Waals surface area contributed by atoms with Crippen molar-refractivity contribution >= 4 is 38.9 Å². The Morgan fingerprint density at radius 1 is 1.30 bits per heavy atom. The number of rotatable bonds is 1. The predicted molar refractivity (Wildman–Crippen MR) is 99.9 cm³/mol. The molecule has 118 valence electrons. The van der Waals surface area contributed by atoms with Crippen LogP contribution in [0.2, 0.25) is 0 Å². The highest BCUT2D eigenvalue weighted by Gasteiger charge is 2.48. The van der Waals surface area contributed by atoms with Crippen LogP contribution in [0.4, 0.5) is 5.69 Å². The molecule has 2 aliphatic rings. The highest BCUT2D eigenvalue weighted by Crippen LogP contribution is 2.45. The van der Waals surface area contributed by atoms with Gasteiger partial charge in [0.1, 0.15) is 5.75 Å². The van der Waals surface area contributed by atoms with Crippen molar-refractivity contribution in [1.29, 1.82) is 0 Å². The number of ether oxygens (including phenoxy) is 1. The first-order valence-electron chi connectivity index (χ1n) is 7.62. The first kappa shape index (κ1) is 15.0. The fraction of sp³-hybridized carbons (Fsp3) is 0.278. The molecule has 0 amide bonds. The van der Waals surface area contributed by atoms with Gasteiger partial charge in [0.2, 0.25) is 0 Å². The van der Waals surface area contributed by atoms with Crippen LogP contribution in [0, 0.1) is 6.92 Å². The molecule has 1 N–H and O–H groups in total. The van der Waals surface area contributed by atoms with Crippen molar-refractivity contribution in [2.75, 3.05) is 4.90 Å². The molecule has 2 aromatic carbocycles. The second kappa shape index (κ2) is 5.21. The largest absolute Gasteiger partial charge is 0.467 e. The minimum absolute atomic E-state index is 0.194. The number of halogens is 1. The maximum absolute atomic E-state index is 6.41. The number of anilines is 1. The lowest BCUT2D eigenvalue weighted by Crippen LogP contribution is -2.65. The van der Waals surface area contributed by atoms with Crippen molar-refractivity contribution in [3.8, 4) is 5.75 Å². The lowest BCUT2D eigenvalue weighted by atomic mass is 9.89. The minimum Gasteiger partial charge on any atom is -0.467 e. The average molecular weight is 389 g/mol. The number of thiocarbonyl (C=S) groups is 1. The third kappa shape index (κ3) is 2.42. The number of aryl methyl sites for hydroxylation is 1. The SMILES string of the molecule is Cc1ccc2c(c1)C1CC(C)(O2)N(c2cccc(Br)c2)C(=S)N1. The minimum atomic E-state index is -0.490. The maximum Gasteiger partial charge on any atom is 0.188 e. The first-order valence-corrected chi connectivity index (χ1v) is 8.82. The number of fused-ring (bicyclic) bond motifs is 4. The van der Waals surface area contributed by atoms with Gasteiger partial charge in [-0.2, -0.15) is 0 Å². The normalized spacial score (nSPS) is 25.4. The third-order valence-corrected chi connectivity index (χ3v) is 5.29. The van der Waals surface area contributed by atoms with E-state index in [1.807, 2.05) is 12.1 Å². The van der Waals surface area contributed by atoms with Gasteiger partial charge in [0.25, 0.3) is 0 Å². The fourth-order valence-corrected chi connectivity index (χ4v) is 4.33. The highest BCUT2D eigenvalue weighted by molar-refractivity contribution is 9.10. The van der Waals surface area contributed by atoms with Gasteiger partial charge < -0.3 is 10.1 Å². The van der Waals surface area contributed by atoms with Gasteiger partial charge in [0.15, 0.2) is 10.8 Å². The Labute approximate surface area is 149 Å². The van der Waals surface area contributed by atoms with E-state index >= 15 is 0 Å². The van der Waals surface area contributed by atoms with E-state index in [1.54, 1.807) is 0 Å². The monoisotopic (exact) mass is 388 g/mol. The average Bonchev–Trinajstić information content (AvgIpc) is 2.47. The number of hydrogen-bond acceptors (Lipinski definition) is 2. The Morgan fingerprint density at radius 3 is 2.91 bits per heavy atom. The Bertz CT molecular complexity index is 809. The summed E-state index contributed by atoms with van der Waals surface area (Å²) < 4.78 is 7.43. The molecule has 4 rings (SSSR count). The van der Waals surface area contributed by atoms with Crippen molar-refractivity contribution in [3.63, 3.8) is 0 Å². The van der Waals surface area contributed by atoms with E-state index in [9.17, 15) is 0 Å². The van der Waals surface area contributed by atoms with Crippen LogP contribution < -0.4 is 15.0 Å². The van der Waals surface area contributed by atoms with Crippen molar-refractivity contribution in [3.05, 3.63) is 58.1 Å². The lowest BCUT2D eigenvalue weighted by molar-refractivity contribution is 0.0497. The standard InChI is InChI=1S/C18H17BrN2OS/c1-11-6-7-16-14(8-11)15-10-18(2,22-16)21(17(23)20-15)13-5-3-4-12(19)9-13/h3-9,15H,10H2,1-2H3,(H,20,23). The number of nitrogens with zero attached hydrogens (tertiary/aromatic N) is 1. The highest BCUT2D eigenvalue weighted by atomic mass is 79.9. The second-order valence-corrected chi connectivity index (χ2v) is 7.64. The molecule has 5 heteroatoms. The molecule has 3 nitrogen and oxygen atoms in total. The van der Waals surface area contributed by atoms with Gasteiger partial charge in [-0.15, -0.1) is 0 Å². The van der Waals surface area contributed by atoms with Crippen molar-refractivity contribution in [2.45, 2.75) is 32.0 Å². The fourth-order valence-electron chi connectivity index (χ4n) is 3.50. The molecule has 2 unspecified atom stereocenters. The Hall–Kier alpha value is -1.59. The van der Waals surface area contributed by atoms with Crippen LogP contribution in [0.1, 0.15) is 30.5 Å². The predicted octanol–water partition coefficient (Wildman–Crippen LogP) is 4.69. The smallest absolute Gasteiger partial charge is 0.188 e. The van der Waals surface area contributed by atoms with E-state index in [1.165, 1.54) is 11.1 Å². The van der Waals surface area contributed by atoms with Gasteiger partial charge >= 0.3 is 0 Å².